The highest BCUT2D eigenvalue weighted by molar-refractivity contribution is 5.97. The molecule has 1 N–H and O–H groups in total. The zero-order chi connectivity index (χ0) is 20.8. The van der Waals surface area contributed by atoms with Crippen LogP contribution in [0, 0.1) is 18.6 Å². The van der Waals surface area contributed by atoms with Crippen LogP contribution in [0.15, 0.2) is 36.4 Å². The number of amides is 2. The number of hydrogen-bond acceptors (Lipinski definition) is 3. The molecule has 150 valence electrons. The lowest BCUT2D eigenvalue weighted by atomic mass is 10.1. The van der Waals surface area contributed by atoms with Gasteiger partial charge in [-0.1, -0.05) is 12.1 Å². The molecule has 5 nitrogen and oxygen atoms in total. The van der Waals surface area contributed by atoms with Crippen LogP contribution in [0.3, 0.4) is 0 Å². The highest BCUT2D eigenvalue weighted by atomic mass is 19.1. The first-order chi connectivity index (χ1) is 13.2. The number of nitrogens with one attached hydrogen (secondary N) is 1. The Bertz CT molecular complexity index is 869. The molecule has 28 heavy (non-hydrogen) atoms. The molecule has 2 aromatic carbocycles. The zero-order valence-electron chi connectivity index (χ0n) is 16.6. The van der Waals surface area contributed by atoms with Gasteiger partial charge in [-0.25, -0.2) is 8.78 Å². The minimum atomic E-state index is -0.689. The summed E-state index contributed by atoms with van der Waals surface area (Å²) in [7, 11) is 3.75. The summed E-state index contributed by atoms with van der Waals surface area (Å²) in [6.45, 7) is 4.19. The first kappa shape index (κ1) is 21.5. The van der Waals surface area contributed by atoms with Crippen molar-refractivity contribution < 1.29 is 18.4 Å². The van der Waals surface area contributed by atoms with Gasteiger partial charge in [-0.15, -0.1) is 0 Å². The number of nitrogens with zero attached hydrogens (tertiary/aromatic N) is 2. The fourth-order valence-electron chi connectivity index (χ4n) is 2.69. The molecule has 0 fully saturated rings. The molecule has 0 heterocycles. The third-order valence-corrected chi connectivity index (χ3v) is 4.28. The van der Waals surface area contributed by atoms with E-state index in [0.29, 0.717) is 24.3 Å². The smallest absolute Gasteiger partial charge is 0.254 e. The zero-order valence-corrected chi connectivity index (χ0v) is 16.6. The monoisotopic (exact) mass is 389 g/mol. The van der Waals surface area contributed by atoms with Crippen molar-refractivity contribution in [3.63, 3.8) is 0 Å². The van der Waals surface area contributed by atoms with Gasteiger partial charge in [-0.3, -0.25) is 9.59 Å². The van der Waals surface area contributed by atoms with E-state index in [-0.39, 0.29) is 23.9 Å². The minimum absolute atomic E-state index is 0.0160. The summed E-state index contributed by atoms with van der Waals surface area (Å²) in [6.07, 6.45) is 0. The molecule has 0 saturated heterocycles. The molecule has 7 heteroatoms. The van der Waals surface area contributed by atoms with Gasteiger partial charge in [0.15, 0.2) is 0 Å². The Morgan fingerprint density at radius 3 is 2.36 bits per heavy atom. The van der Waals surface area contributed by atoms with E-state index in [4.69, 9.17) is 0 Å². The van der Waals surface area contributed by atoms with E-state index < -0.39 is 11.6 Å². The quantitative estimate of drug-likeness (QED) is 0.789. The number of benzene rings is 2. The highest BCUT2D eigenvalue weighted by Gasteiger charge is 2.19. The molecule has 0 atom stereocenters. The van der Waals surface area contributed by atoms with Crippen molar-refractivity contribution in [3.8, 4) is 0 Å². The highest BCUT2D eigenvalue weighted by Crippen LogP contribution is 2.20. The minimum Gasteiger partial charge on any atom is -0.333 e. The summed E-state index contributed by atoms with van der Waals surface area (Å²) in [4.78, 5) is 27.9. The van der Waals surface area contributed by atoms with Gasteiger partial charge in [0, 0.05) is 49.4 Å². The molecule has 2 rings (SSSR count). The van der Waals surface area contributed by atoms with E-state index in [1.807, 2.05) is 25.9 Å². The summed E-state index contributed by atoms with van der Waals surface area (Å²) in [6, 6.07) is 8.37. The lowest BCUT2D eigenvalue weighted by Crippen LogP contribution is -2.36. The number of anilines is 1. The van der Waals surface area contributed by atoms with Gasteiger partial charge < -0.3 is 15.1 Å². The normalized spacial score (nSPS) is 10.8. The predicted molar refractivity (Wildman–Crippen MR) is 105 cm³/mol. The first-order valence-electron chi connectivity index (χ1n) is 8.93. The second-order valence-corrected chi connectivity index (χ2v) is 6.98. The Balaban J connectivity index is 2.31. The summed E-state index contributed by atoms with van der Waals surface area (Å²) in [5.41, 5.74) is 2.01. The van der Waals surface area contributed by atoms with Crippen molar-refractivity contribution in [2.75, 3.05) is 32.5 Å². The number of carbonyl (C=O) groups is 2. The molecule has 0 aliphatic carbocycles. The fraction of sp³-hybridized carbons (Fsp3) is 0.333. The van der Waals surface area contributed by atoms with Gasteiger partial charge in [-0.05, 0) is 44.8 Å². The molecule has 0 radical (unpaired) electrons. The van der Waals surface area contributed by atoms with Gasteiger partial charge in [0.1, 0.15) is 11.6 Å². The lowest BCUT2D eigenvalue weighted by Gasteiger charge is -2.25. The van der Waals surface area contributed by atoms with E-state index in [9.17, 15) is 18.4 Å². The summed E-state index contributed by atoms with van der Waals surface area (Å²) < 4.78 is 27.3. The molecule has 2 aromatic rings. The van der Waals surface area contributed by atoms with Crippen LogP contribution < -0.4 is 5.32 Å². The van der Waals surface area contributed by atoms with Crippen molar-refractivity contribution in [3.05, 3.63) is 64.7 Å². The number of aryl methyl sites for hydroxylation is 1. The number of halogens is 2. The Kier molecular flexibility index (Phi) is 7.23. The summed E-state index contributed by atoms with van der Waals surface area (Å²) in [5, 5.41) is 2.70. The van der Waals surface area contributed by atoms with Gasteiger partial charge in [-0.2, -0.15) is 0 Å². The van der Waals surface area contributed by atoms with Crippen LogP contribution in [0.4, 0.5) is 14.5 Å². The SMILES string of the molecule is CC(=O)Nc1cc(C(=O)N(CCN(C)C)Cc2ccc(F)cc2F)ccc1C. The second kappa shape index (κ2) is 9.41. The molecule has 2 amide bonds. The molecule has 0 aromatic heterocycles. The fourth-order valence-corrected chi connectivity index (χ4v) is 2.69. The van der Waals surface area contributed by atoms with E-state index >= 15 is 0 Å². The molecule has 0 spiro atoms. The van der Waals surface area contributed by atoms with Crippen molar-refractivity contribution in [1.29, 1.82) is 0 Å². The number of likely N-dealkylation sites (N-methyl/N-ethyl adjacent to an activating group) is 1. The standard InChI is InChI=1S/C21H25F2N3O2/c1-14-5-6-16(11-20(14)24-15(2)27)21(28)26(10-9-25(3)4)13-17-7-8-18(22)12-19(17)23/h5-8,11-12H,9-10,13H2,1-4H3,(H,24,27). The molecule has 0 bridgehead atoms. The predicted octanol–water partition coefficient (Wildman–Crippen LogP) is 3.44. The van der Waals surface area contributed by atoms with Crippen LogP contribution in [-0.4, -0.2) is 48.8 Å². The van der Waals surface area contributed by atoms with E-state index in [1.165, 1.54) is 24.0 Å². The lowest BCUT2D eigenvalue weighted by molar-refractivity contribution is -0.114. The van der Waals surface area contributed by atoms with Crippen LogP contribution >= 0.6 is 0 Å². The molecule has 0 aliphatic heterocycles. The third-order valence-electron chi connectivity index (χ3n) is 4.28. The number of hydrogen-bond donors (Lipinski definition) is 1. The second-order valence-electron chi connectivity index (χ2n) is 6.98. The van der Waals surface area contributed by atoms with Crippen LogP contribution in [-0.2, 0) is 11.3 Å². The Morgan fingerprint density at radius 1 is 1.04 bits per heavy atom. The van der Waals surface area contributed by atoms with Crippen LogP contribution in [0.25, 0.3) is 0 Å². The third kappa shape index (κ3) is 5.85. The van der Waals surface area contributed by atoms with E-state index in [2.05, 4.69) is 5.32 Å². The average Bonchev–Trinajstić information content (AvgIpc) is 2.61. The maximum Gasteiger partial charge on any atom is 0.254 e. The van der Waals surface area contributed by atoms with Crippen LogP contribution in [0.1, 0.15) is 28.4 Å². The van der Waals surface area contributed by atoms with Gasteiger partial charge >= 0.3 is 0 Å². The number of carbonyl (C=O) groups excluding carboxylic acids is 2. The molecule has 0 aliphatic rings. The molecular formula is C21H25F2N3O2. The maximum atomic E-state index is 14.1. The van der Waals surface area contributed by atoms with Crippen molar-refractivity contribution in [2.45, 2.75) is 20.4 Å². The largest absolute Gasteiger partial charge is 0.333 e. The number of rotatable bonds is 7. The van der Waals surface area contributed by atoms with Crippen molar-refractivity contribution >= 4 is 17.5 Å². The van der Waals surface area contributed by atoms with Gasteiger partial charge in [0.2, 0.25) is 5.91 Å². The topological polar surface area (TPSA) is 52.7 Å². The summed E-state index contributed by atoms with van der Waals surface area (Å²) >= 11 is 0. The average molecular weight is 389 g/mol. The maximum absolute atomic E-state index is 14.1. The van der Waals surface area contributed by atoms with Gasteiger partial charge in [0.25, 0.3) is 5.91 Å². The van der Waals surface area contributed by atoms with Crippen molar-refractivity contribution in [1.82, 2.24) is 9.80 Å². The Hall–Kier alpha value is -2.80. The van der Waals surface area contributed by atoms with E-state index in [1.54, 1.807) is 18.2 Å². The van der Waals surface area contributed by atoms with Gasteiger partial charge in [0.05, 0.1) is 0 Å². The van der Waals surface area contributed by atoms with E-state index in [0.717, 1.165) is 11.6 Å². The Morgan fingerprint density at radius 2 is 1.75 bits per heavy atom. The van der Waals surface area contributed by atoms with Crippen LogP contribution in [0.5, 0.6) is 0 Å². The molecular weight excluding hydrogens is 364 g/mol. The van der Waals surface area contributed by atoms with Crippen LogP contribution in [0.2, 0.25) is 0 Å². The first-order valence-corrected chi connectivity index (χ1v) is 8.93. The van der Waals surface area contributed by atoms with Crippen molar-refractivity contribution in [2.24, 2.45) is 0 Å². The summed E-state index contributed by atoms with van der Waals surface area (Å²) in [5.74, 6) is -1.88. The molecule has 0 saturated carbocycles. The molecule has 0 unspecified atom stereocenters. The Labute approximate surface area is 163 Å².